The van der Waals surface area contributed by atoms with Crippen LogP contribution in [0, 0.1) is 3.70 Å². The number of rotatable bonds is 4. The molecule has 0 saturated carbocycles. The Morgan fingerprint density at radius 1 is 1.57 bits per heavy atom. The average Bonchev–Trinajstić information content (AvgIpc) is 2.74. The summed E-state index contributed by atoms with van der Waals surface area (Å²) >= 11 is 8.29. The number of alkyl carbamates (subject to hydrolysis) is 1. The molecule has 0 unspecified atom stereocenters. The van der Waals surface area contributed by atoms with E-state index in [1.165, 1.54) is 6.33 Å². The van der Waals surface area contributed by atoms with Crippen molar-refractivity contribution in [3.05, 3.63) is 33.9 Å². The second-order valence-electron chi connectivity index (χ2n) is 5.97. The van der Waals surface area contributed by atoms with E-state index in [0.717, 1.165) is 9.09 Å². The number of hydrogen-bond acceptors (Lipinski definition) is 4. The zero-order valence-corrected chi connectivity index (χ0v) is 16.1. The van der Waals surface area contributed by atoms with Gasteiger partial charge in [0.05, 0.1) is 15.1 Å². The van der Waals surface area contributed by atoms with E-state index in [9.17, 15) is 4.79 Å². The van der Waals surface area contributed by atoms with Crippen LogP contribution < -0.4 is 5.32 Å². The quantitative estimate of drug-likeness (QED) is 0.439. The van der Waals surface area contributed by atoms with Crippen molar-refractivity contribution in [2.75, 3.05) is 0 Å². The van der Waals surface area contributed by atoms with Crippen LogP contribution in [0.25, 0.3) is 11.0 Å². The number of nitrogens with one attached hydrogen (secondary N) is 1. The number of fused-ring (bicyclic) bond motifs is 1. The van der Waals surface area contributed by atoms with Gasteiger partial charge in [-0.3, -0.25) is 0 Å². The van der Waals surface area contributed by atoms with Crippen LogP contribution in [0.4, 0.5) is 4.79 Å². The van der Waals surface area contributed by atoms with Crippen LogP contribution in [0.1, 0.15) is 20.8 Å². The predicted octanol–water partition coefficient (Wildman–Crippen LogP) is 3.77. The van der Waals surface area contributed by atoms with Crippen molar-refractivity contribution in [2.45, 2.75) is 39.0 Å². The predicted molar refractivity (Wildman–Crippen MR) is 98.6 cm³/mol. The number of ether oxygens (including phenoxy) is 1. The molecule has 2 aromatic heterocycles. The van der Waals surface area contributed by atoms with E-state index in [-0.39, 0.29) is 6.04 Å². The first-order valence-corrected chi connectivity index (χ1v) is 8.44. The third kappa shape index (κ3) is 4.57. The van der Waals surface area contributed by atoms with Crippen molar-refractivity contribution in [3.63, 3.8) is 0 Å². The van der Waals surface area contributed by atoms with Gasteiger partial charge in [-0.1, -0.05) is 17.7 Å². The second kappa shape index (κ2) is 7.04. The molecule has 0 fully saturated rings. The molecule has 0 spiro atoms. The van der Waals surface area contributed by atoms with Gasteiger partial charge >= 0.3 is 6.09 Å². The van der Waals surface area contributed by atoms with Crippen molar-refractivity contribution in [2.24, 2.45) is 0 Å². The van der Waals surface area contributed by atoms with Gasteiger partial charge in [-0.15, -0.1) is 6.58 Å². The summed E-state index contributed by atoms with van der Waals surface area (Å²) in [5.74, 6) is 0. The van der Waals surface area contributed by atoms with Crippen molar-refractivity contribution in [3.8, 4) is 0 Å². The Balaban J connectivity index is 2.20. The van der Waals surface area contributed by atoms with Crippen LogP contribution in [-0.4, -0.2) is 32.3 Å². The summed E-state index contributed by atoms with van der Waals surface area (Å²) in [5, 5.41) is 3.97. The van der Waals surface area contributed by atoms with Gasteiger partial charge in [0.1, 0.15) is 22.7 Å². The summed E-state index contributed by atoms with van der Waals surface area (Å²) in [7, 11) is 0. The molecule has 0 aliphatic heterocycles. The van der Waals surface area contributed by atoms with Gasteiger partial charge in [0.15, 0.2) is 0 Å². The molecule has 1 atom stereocenters. The van der Waals surface area contributed by atoms with Crippen LogP contribution >= 0.6 is 34.2 Å². The summed E-state index contributed by atoms with van der Waals surface area (Å²) in [6, 6.07) is 1.61. The highest BCUT2D eigenvalue weighted by atomic mass is 127. The molecule has 0 radical (unpaired) electrons. The summed E-state index contributed by atoms with van der Waals surface area (Å²) in [5.41, 5.74) is 0.165. The van der Waals surface area contributed by atoms with Crippen LogP contribution in [0.15, 0.2) is 25.0 Å². The largest absolute Gasteiger partial charge is 0.444 e. The fourth-order valence-electron chi connectivity index (χ4n) is 2.01. The number of aromatic nitrogens is 3. The standard InChI is InChI=1S/C15H18ClIN4O2/c1-5-9(20-14(22)23-15(2,3)4)7-21-11(17)6-10-12(16)18-8-19-13(10)21/h5-6,8-9H,1,7H2,2-4H3,(H,20,22)/t9-/m0/s1. The maximum absolute atomic E-state index is 11.9. The molecule has 2 aromatic rings. The van der Waals surface area contributed by atoms with Gasteiger partial charge in [0.25, 0.3) is 0 Å². The van der Waals surface area contributed by atoms with Gasteiger partial charge in [-0.2, -0.15) is 0 Å². The molecule has 1 N–H and O–H groups in total. The Labute approximate surface area is 153 Å². The van der Waals surface area contributed by atoms with Gasteiger partial charge < -0.3 is 14.6 Å². The van der Waals surface area contributed by atoms with Gasteiger partial charge in [-0.05, 0) is 49.4 Å². The van der Waals surface area contributed by atoms with Crippen LogP contribution in [0.5, 0.6) is 0 Å². The Bertz CT molecular complexity index is 739. The zero-order chi connectivity index (χ0) is 17.2. The molecule has 124 valence electrons. The number of carbonyl (C=O) groups excluding carboxylic acids is 1. The first-order valence-electron chi connectivity index (χ1n) is 6.98. The highest BCUT2D eigenvalue weighted by Crippen LogP contribution is 2.24. The molecule has 1 amide bonds. The Morgan fingerprint density at radius 3 is 2.87 bits per heavy atom. The van der Waals surface area contributed by atoms with Gasteiger partial charge in [0, 0.05) is 6.54 Å². The number of nitrogens with zero attached hydrogens (tertiary/aromatic N) is 3. The molecule has 0 aliphatic carbocycles. The van der Waals surface area contributed by atoms with E-state index in [2.05, 4.69) is 44.5 Å². The smallest absolute Gasteiger partial charge is 0.408 e. The van der Waals surface area contributed by atoms with E-state index in [0.29, 0.717) is 17.3 Å². The van der Waals surface area contributed by atoms with E-state index < -0.39 is 11.7 Å². The molecule has 2 heterocycles. The van der Waals surface area contributed by atoms with Gasteiger partial charge in [-0.25, -0.2) is 14.8 Å². The highest BCUT2D eigenvalue weighted by molar-refractivity contribution is 14.1. The molecule has 0 aliphatic rings. The molecule has 0 saturated heterocycles. The topological polar surface area (TPSA) is 69.0 Å². The number of hydrogen-bond donors (Lipinski definition) is 1. The number of halogens is 2. The minimum atomic E-state index is -0.550. The molecular weight excluding hydrogens is 431 g/mol. The van der Waals surface area contributed by atoms with E-state index in [1.54, 1.807) is 6.08 Å². The fraction of sp³-hybridized carbons (Fsp3) is 0.400. The summed E-state index contributed by atoms with van der Waals surface area (Å²) < 4.78 is 8.16. The lowest BCUT2D eigenvalue weighted by Crippen LogP contribution is -2.40. The summed E-state index contributed by atoms with van der Waals surface area (Å²) in [4.78, 5) is 20.2. The van der Waals surface area contributed by atoms with Gasteiger partial charge in [0.2, 0.25) is 0 Å². The lowest BCUT2D eigenvalue weighted by atomic mass is 10.2. The molecule has 23 heavy (non-hydrogen) atoms. The van der Waals surface area contributed by atoms with Crippen LogP contribution in [0.3, 0.4) is 0 Å². The first-order chi connectivity index (χ1) is 10.7. The molecular formula is C15H18ClIN4O2. The summed E-state index contributed by atoms with van der Waals surface area (Å²) in [6.45, 7) is 9.69. The third-order valence-electron chi connectivity index (χ3n) is 2.96. The van der Waals surface area contributed by atoms with Crippen molar-refractivity contribution in [1.29, 1.82) is 0 Å². The Morgan fingerprint density at radius 2 is 2.26 bits per heavy atom. The molecule has 8 heteroatoms. The Hall–Kier alpha value is -1.35. The number of amides is 1. The third-order valence-corrected chi connectivity index (χ3v) is 4.15. The lowest BCUT2D eigenvalue weighted by molar-refractivity contribution is 0.0511. The molecule has 0 aromatic carbocycles. The van der Waals surface area contributed by atoms with Crippen LogP contribution in [-0.2, 0) is 11.3 Å². The van der Waals surface area contributed by atoms with E-state index >= 15 is 0 Å². The normalized spacial score (nSPS) is 12.9. The van der Waals surface area contributed by atoms with Crippen molar-refractivity contribution >= 4 is 51.3 Å². The lowest BCUT2D eigenvalue weighted by Gasteiger charge is -2.22. The first kappa shape index (κ1) is 18.0. The number of carbonyl (C=O) groups is 1. The second-order valence-corrected chi connectivity index (χ2v) is 7.43. The molecule has 0 bridgehead atoms. The monoisotopic (exact) mass is 448 g/mol. The fourth-order valence-corrected chi connectivity index (χ4v) is 2.93. The Kier molecular flexibility index (Phi) is 5.51. The summed E-state index contributed by atoms with van der Waals surface area (Å²) in [6.07, 6.45) is 2.59. The van der Waals surface area contributed by atoms with E-state index in [4.69, 9.17) is 16.3 Å². The average molecular weight is 449 g/mol. The van der Waals surface area contributed by atoms with Crippen molar-refractivity contribution in [1.82, 2.24) is 19.9 Å². The maximum atomic E-state index is 11.9. The van der Waals surface area contributed by atoms with Crippen molar-refractivity contribution < 1.29 is 9.53 Å². The zero-order valence-electron chi connectivity index (χ0n) is 13.1. The van der Waals surface area contributed by atoms with E-state index in [1.807, 2.05) is 31.4 Å². The minimum Gasteiger partial charge on any atom is -0.444 e. The molecule has 6 nitrogen and oxygen atoms in total. The van der Waals surface area contributed by atoms with Crippen LogP contribution in [0.2, 0.25) is 5.15 Å². The minimum absolute atomic E-state index is 0.303. The molecule has 2 rings (SSSR count). The highest BCUT2D eigenvalue weighted by Gasteiger charge is 2.20. The SMILES string of the molecule is C=C[C@@H](Cn1c(I)cc2c(Cl)ncnc21)NC(=O)OC(C)(C)C. The maximum Gasteiger partial charge on any atom is 0.408 e.